The zero-order valence-corrected chi connectivity index (χ0v) is 12.1. The van der Waals surface area contributed by atoms with E-state index in [0.29, 0.717) is 11.4 Å². The van der Waals surface area contributed by atoms with Gasteiger partial charge in [0.15, 0.2) is 0 Å². The molecule has 4 heteroatoms. The van der Waals surface area contributed by atoms with Crippen LogP contribution in [0.5, 0.6) is 0 Å². The van der Waals surface area contributed by atoms with Crippen molar-refractivity contribution < 1.29 is 4.79 Å². The van der Waals surface area contributed by atoms with Gasteiger partial charge in [-0.3, -0.25) is 9.78 Å². The predicted octanol–water partition coefficient (Wildman–Crippen LogP) is 3.32. The summed E-state index contributed by atoms with van der Waals surface area (Å²) in [6, 6.07) is 9.44. The second kappa shape index (κ2) is 5.17. The normalized spacial score (nSPS) is 11.6. The van der Waals surface area contributed by atoms with Gasteiger partial charge in [-0.15, -0.1) is 11.6 Å². The molecule has 2 aromatic rings. The van der Waals surface area contributed by atoms with Crippen LogP contribution in [0, 0.1) is 0 Å². The Bertz CT molecular complexity index is 605. The number of carbonyl (C=O) groups excluding carboxylic acids is 1. The molecule has 0 fully saturated rings. The first-order valence-electron chi connectivity index (χ1n) is 6.15. The van der Waals surface area contributed by atoms with Gasteiger partial charge in [0.2, 0.25) is 0 Å². The number of halogens is 1. The number of pyridine rings is 1. The van der Waals surface area contributed by atoms with Gasteiger partial charge in [-0.2, -0.15) is 0 Å². The number of aromatic nitrogens is 1. The number of rotatable bonds is 3. The third kappa shape index (κ3) is 2.56. The Balaban J connectivity index is 2.48. The maximum atomic E-state index is 12.6. The van der Waals surface area contributed by atoms with Crippen molar-refractivity contribution in [1.82, 2.24) is 9.88 Å². The maximum absolute atomic E-state index is 12.6. The molecular formula is C15H17ClN2O. The van der Waals surface area contributed by atoms with Crippen LogP contribution in [-0.4, -0.2) is 34.3 Å². The summed E-state index contributed by atoms with van der Waals surface area (Å²) < 4.78 is 0. The van der Waals surface area contributed by atoms with E-state index in [1.165, 1.54) is 0 Å². The van der Waals surface area contributed by atoms with Crippen LogP contribution in [0.4, 0.5) is 0 Å². The number of carbonyl (C=O) groups is 1. The van der Waals surface area contributed by atoms with Gasteiger partial charge in [0.1, 0.15) is 0 Å². The van der Waals surface area contributed by atoms with Gasteiger partial charge < -0.3 is 4.90 Å². The molecule has 0 aliphatic rings. The van der Waals surface area contributed by atoms with Crippen molar-refractivity contribution in [3.63, 3.8) is 0 Å². The third-order valence-electron chi connectivity index (χ3n) is 3.40. The van der Waals surface area contributed by atoms with E-state index in [-0.39, 0.29) is 5.91 Å². The summed E-state index contributed by atoms with van der Waals surface area (Å²) in [5.74, 6) is 0.322. The Morgan fingerprint density at radius 3 is 2.68 bits per heavy atom. The van der Waals surface area contributed by atoms with Gasteiger partial charge in [-0.05, 0) is 26.0 Å². The molecule has 19 heavy (non-hydrogen) atoms. The van der Waals surface area contributed by atoms with Crippen LogP contribution < -0.4 is 0 Å². The first-order valence-corrected chi connectivity index (χ1v) is 6.69. The van der Waals surface area contributed by atoms with Crippen molar-refractivity contribution in [2.24, 2.45) is 0 Å². The van der Waals surface area contributed by atoms with Crippen molar-refractivity contribution in [3.05, 3.63) is 42.1 Å². The highest BCUT2D eigenvalue weighted by Crippen LogP contribution is 2.21. The van der Waals surface area contributed by atoms with Crippen molar-refractivity contribution >= 4 is 28.4 Å². The Morgan fingerprint density at radius 1 is 1.32 bits per heavy atom. The molecule has 0 unspecified atom stereocenters. The van der Waals surface area contributed by atoms with Gasteiger partial charge >= 0.3 is 0 Å². The number of hydrogen-bond acceptors (Lipinski definition) is 2. The summed E-state index contributed by atoms with van der Waals surface area (Å²) in [4.78, 5) is 18.6. The van der Waals surface area contributed by atoms with E-state index in [2.05, 4.69) is 4.98 Å². The minimum Gasteiger partial charge on any atom is -0.335 e. The second-order valence-corrected chi connectivity index (χ2v) is 5.46. The molecule has 0 spiro atoms. The second-order valence-electron chi connectivity index (χ2n) is 5.19. The highest BCUT2D eigenvalue weighted by Gasteiger charge is 2.28. The molecule has 0 atom stereocenters. The van der Waals surface area contributed by atoms with Crippen LogP contribution in [-0.2, 0) is 0 Å². The summed E-state index contributed by atoms with van der Waals surface area (Å²) >= 11 is 5.93. The molecule has 1 aromatic carbocycles. The molecule has 2 rings (SSSR count). The molecule has 3 nitrogen and oxygen atoms in total. The number of nitrogens with zero attached hydrogens (tertiary/aromatic N) is 2. The van der Waals surface area contributed by atoms with Crippen LogP contribution >= 0.6 is 11.6 Å². The van der Waals surface area contributed by atoms with E-state index in [0.717, 1.165) is 10.9 Å². The van der Waals surface area contributed by atoms with Crippen molar-refractivity contribution in [1.29, 1.82) is 0 Å². The van der Waals surface area contributed by atoms with Crippen LogP contribution in [0.3, 0.4) is 0 Å². The molecule has 0 radical (unpaired) electrons. The van der Waals surface area contributed by atoms with Crippen LogP contribution in [0.1, 0.15) is 24.2 Å². The average molecular weight is 277 g/mol. The fourth-order valence-corrected chi connectivity index (χ4v) is 2.00. The lowest BCUT2D eigenvalue weighted by atomic mass is 10.0. The zero-order valence-electron chi connectivity index (χ0n) is 11.4. The van der Waals surface area contributed by atoms with Gasteiger partial charge in [-0.25, -0.2) is 0 Å². The van der Waals surface area contributed by atoms with Gasteiger partial charge in [0.05, 0.1) is 16.6 Å². The minimum absolute atomic E-state index is 0.0602. The summed E-state index contributed by atoms with van der Waals surface area (Å²) in [5, 5.41) is 0.963. The molecule has 0 aliphatic carbocycles. The molecule has 1 amide bonds. The lowest BCUT2D eigenvalue weighted by molar-refractivity contribution is 0.0662. The Hall–Kier alpha value is -1.61. The van der Waals surface area contributed by atoms with Gasteiger partial charge in [-0.1, -0.05) is 18.2 Å². The zero-order chi connectivity index (χ0) is 14.0. The fourth-order valence-electron chi connectivity index (χ4n) is 1.82. The number of para-hydroxylation sites is 1. The van der Waals surface area contributed by atoms with Crippen molar-refractivity contribution in [3.8, 4) is 0 Å². The lowest BCUT2D eigenvalue weighted by Crippen LogP contribution is -2.46. The van der Waals surface area contributed by atoms with Crippen molar-refractivity contribution in [2.75, 3.05) is 12.9 Å². The molecule has 1 aromatic heterocycles. The fraction of sp³-hybridized carbons (Fsp3) is 0.333. The van der Waals surface area contributed by atoms with E-state index >= 15 is 0 Å². The molecule has 0 saturated heterocycles. The van der Waals surface area contributed by atoms with Gasteiger partial charge in [0, 0.05) is 24.5 Å². The molecule has 0 aliphatic heterocycles. The molecule has 0 saturated carbocycles. The van der Waals surface area contributed by atoms with Crippen LogP contribution in [0.25, 0.3) is 10.9 Å². The number of benzene rings is 1. The highest BCUT2D eigenvalue weighted by molar-refractivity contribution is 6.19. The van der Waals surface area contributed by atoms with Crippen LogP contribution in [0.15, 0.2) is 36.5 Å². The van der Waals surface area contributed by atoms with E-state index < -0.39 is 5.54 Å². The smallest absolute Gasteiger partial charge is 0.256 e. The summed E-state index contributed by atoms with van der Waals surface area (Å²) in [6.45, 7) is 3.88. The molecule has 100 valence electrons. The SMILES string of the molecule is CN(C(=O)c1cccc2cccnc12)C(C)(C)CCl. The standard InChI is InChI=1S/C15H17ClN2O/c1-15(2,10-16)18(3)14(19)12-8-4-6-11-7-5-9-17-13(11)12/h4-9H,10H2,1-3H3. The Kier molecular flexibility index (Phi) is 3.76. The number of alkyl halides is 1. The lowest BCUT2D eigenvalue weighted by Gasteiger charge is -2.34. The first-order chi connectivity index (χ1) is 8.97. The van der Waals surface area contributed by atoms with Gasteiger partial charge in [0.25, 0.3) is 5.91 Å². The van der Waals surface area contributed by atoms with E-state index in [1.807, 2.05) is 38.1 Å². The summed E-state index contributed by atoms with van der Waals surface area (Å²) in [6.07, 6.45) is 1.70. The summed E-state index contributed by atoms with van der Waals surface area (Å²) in [5.41, 5.74) is 0.946. The maximum Gasteiger partial charge on any atom is 0.256 e. The van der Waals surface area contributed by atoms with E-state index in [9.17, 15) is 4.79 Å². The summed E-state index contributed by atoms with van der Waals surface area (Å²) in [7, 11) is 1.77. The number of hydrogen-bond donors (Lipinski definition) is 0. The number of fused-ring (bicyclic) bond motifs is 1. The highest BCUT2D eigenvalue weighted by atomic mass is 35.5. The average Bonchev–Trinajstić information content (AvgIpc) is 2.45. The predicted molar refractivity (Wildman–Crippen MR) is 78.6 cm³/mol. The molecular weight excluding hydrogens is 260 g/mol. The Labute approximate surface area is 118 Å². The molecule has 0 bridgehead atoms. The number of amides is 1. The minimum atomic E-state index is -0.393. The molecule has 1 heterocycles. The third-order valence-corrected chi connectivity index (χ3v) is 4.06. The largest absolute Gasteiger partial charge is 0.335 e. The monoisotopic (exact) mass is 276 g/mol. The van der Waals surface area contributed by atoms with Crippen LogP contribution in [0.2, 0.25) is 0 Å². The first kappa shape index (κ1) is 13.8. The topological polar surface area (TPSA) is 33.2 Å². The van der Waals surface area contributed by atoms with E-state index in [1.54, 1.807) is 24.2 Å². The Morgan fingerprint density at radius 2 is 2.00 bits per heavy atom. The molecule has 0 N–H and O–H groups in total. The quantitative estimate of drug-likeness (QED) is 0.806. The van der Waals surface area contributed by atoms with Crippen molar-refractivity contribution in [2.45, 2.75) is 19.4 Å². The van der Waals surface area contributed by atoms with E-state index in [4.69, 9.17) is 11.6 Å².